The predicted molar refractivity (Wildman–Crippen MR) is 126 cm³/mol. The van der Waals surface area contributed by atoms with Gasteiger partial charge in [0.2, 0.25) is 0 Å². The third kappa shape index (κ3) is 3.94. The molecule has 1 aliphatic carbocycles. The van der Waals surface area contributed by atoms with Crippen molar-refractivity contribution < 1.29 is 4.74 Å². The molecule has 160 valence electrons. The van der Waals surface area contributed by atoms with E-state index in [-0.39, 0.29) is 5.41 Å². The number of nitrogen functional groups attached to an aromatic ring is 1. The predicted octanol–water partition coefficient (Wildman–Crippen LogP) is 5.29. The van der Waals surface area contributed by atoms with E-state index in [1.165, 1.54) is 11.3 Å². The molecular formula is C25H27ClN4O. The lowest BCUT2D eigenvalue weighted by molar-refractivity contribution is 0.310. The van der Waals surface area contributed by atoms with Gasteiger partial charge in [0.15, 0.2) is 0 Å². The first kappa shape index (κ1) is 20.1. The number of rotatable bonds is 2. The Bertz CT molecular complexity index is 1140. The molecule has 1 aromatic heterocycles. The number of benzene rings is 2. The number of fused-ring (bicyclic) bond motifs is 2. The molecule has 6 heteroatoms. The molecule has 0 bridgehead atoms. The van der Waals surface area contributed by atoms with Crippen LogP contribution in [-0.2, 0) is 19.4 Å². The lowest BCUT2D eigenvalue weighted by atomic mass is 9.76. The van der Waals surface area contributed by atoms with Crippen LogP contribution in [0.1, 0.15) is 37.1 Å². The summed E-state index contributed by atoms with van der Waals surface area (Å²) in [5.74, 6) is 1.98. The highest BCUT2D eigenvalue weighted by molar-refractivity contribution is 6.33. The maximum atomic E-state index is 6.11. The Morgan fingerprint density at radius 2 is 1.90 bits per heavy atom. The van der Waals surface area contributed by atoms with Gasteiger partial charge in [0.1, 0.15) is 24.5 Å². The second-order valence-corrected chi connectivity index (χ2v) is 9.70. The van der Waals surface area contributed by atoms with Crippen molar-refractivity contribution in [2.24, 2.45) is 5.41 Å². The standard InChI is InChI=1S/C25H27ClN4O/c1-25(2)8-7-22-19(13-25)24(29-15-28-22)30-9-10-31-23-6-4-16(11-18(23)14-30)17-3-5-20(26)21(27)12-17/h3-6,11-12,15H,7-10,13-14,27H2,1-2H3. The molecule has 2 N–H and O–H groups in total. The fourth-order valence-corrected chi connectivity index (χ4v) is 4.73. The SMILES string of the molecule is CC1(C)CCc2ncnc(N3CCOc4ccc(-c5ccc(Cl)c(N)c5)cc4C3)c2C1. The zero-order valence-electron chi connectivity index (χ0n) is 18.0. The maximum absolute atomic E-state index is 6.11. The second-order valence-electron chi connectivity index (χ2n) is 9.29. The highest BCUT2D eigenvalue weighted by Gasteiger charge is 2.30. The Hall–Kier alpha value is -2.79. The average molecular weight is 435 g/mol. The number of hydrogen-bond donors (Lipinski definition) is 1. The molecule has 31 heavy (non-hydrogen) atoms. The van der Waals surface area contributed by atoms with Crippen LogP contribution in [0.5, 0.6) is 5.75 Å². The summed E-state index contributed by atoms with van der Waals surface area (Å²) in [5, 5.41) is 0.574. The highest BCUT2D eigenvalue weighted by Crippen LogP contribution is 2.39. The molecule has 2 heterocycles. The average Bonchev–Trinajstić information content (AvgIpc) is 2.96. The summed E-state index contributed by atoms with van der Waals surface area (Å²) >= 11 is 6.11. The third-order valence-electron chi connectivity index (χ3n) is 6.38. The van der Waals surface area contributed by atoms with Crippen LogP contribution >= 0.6 is 11.6 Å². The van der Waals surface area contributed by atoms with Gasteiger partial charge in [-0.05, 0) is 60.1 Å². The topological polar surface area (TPSA) is 64.3 Å². The molecule has 3 aromatic rings. The summed E-state index contributed by atoms with van der Waals surface area (Å²) < 4.78 is 6.09. The van der Waals surface area contributed by atoms with Crippen LogP contribution in [0.4, 0.5) is 11.5 Å². The van der Waals surface area contributed by atoms with Gasteiger partial charge in [0.25, 0.3) is 0 Å². The van der Waals surface area contributed by atoms with E-state index in [0.717, 1.165) is 60.6 Å². The van der Waals surface area contributed by atoms with Crippen molar-refractivity contribution in [3.05, 3.63) is 64.6 Å². The Kier molecular flexibility index (Phi) is 5.01. The Balaban J connectivity index is 1.50. The Labute approximate surface area is 188 Å². The van der Waals surface area contributed by atoms with Crippen molar-refractivity contribution >= 4 is 23.1 Å². The molecule has 0 fully saturated rings. The molecule has 1 aliphatic heterocycles. The molecule has 5 nitrogen and oxygen atoms in total. The molecule has 2 aliphatic rings. The monoisotopic (exact) mass is 434 g/mol. The molecule has 0 saturated carbocycles. The number of hydrogen-bond acceptors (Lipinski definition) is 5. The van der Waals surface area contributed by atoms with Crippen molar-refractivity contribution in [3.8, 4) is 16.9 Å². The fourth-order valence-electron chi connectivity index (χ4n) is 4.61. The van der Waals surface area contributed by atoms with E-state index in [9.17, 15) is 0 Å². The van der Waals surface area contributed by atoms with Gasteiger partial charge in [0, 0.05) is 23.4 Å². The van der Waals surface area contributed by atoms with Crippen molar-refractivity contribution in [2.75, 3.05) is 23.8 Å². The van der Waals surface area contributed by atoms with Crippen molar-refractivity contribution in [1.82, 2.24) is 9.97 Å². The quantitative estimate of drug-likeness (QED) is 0.555. The van der Waals surface area contributed by atoms with Gasteiger partial charge >= 0.3 is 0 Å². The maximum Gasteiger partial charge on any atom is 0.135 e. The van der Waals surface area contributed by atoms with Crippen LogP contribution in [0.25, 0.3) is 11.1 Å². The van der Waals surface area contributed by atoms with Crippen molar-refractivity contribution in [1.29, 1.82) is 0 Å². The van der Waals surface area contributed by atoms with Crippen molar-refractivity contribution in [2.45, 2.75) is 39.7 Å². The zero-order valence-corrected chi connectivity index (χ0v) is 18.7. The van der Waals surface area contributed by atoms with E-state index in [2.05, 4.69) is 41.9 Å². The number of anilines is 2. The smallest absolute Gasteiger partial charge is 0.135 e. The van der Waals surface area contributed by atoms with Crippen LogP contribution < -0.4 is 15.4 Å². The summed E-state index contributed by atoms with van der Waals surface area (Å²) in [6.07, 6.45) is 4.90. The molecule has 0 spiro atoms. The minimum absolute atomic E-state index is 0.272. The van der Waals surface area contributed by atoms with Gasteiger partial charge in [-0.3, -0.25) is 0 Å². The summed E-state index contributed by atoms with van der Waals surface area (Å²) in [6.45, 7) is 6.83. The minimum atomic E-state index is 0.272. The minimum Gasteiger partial charge on any atom is -0.491 e. The molecule has 0 atom stereocenters. The molecule has 0 unspecified atom stereocenters. The van der Waals surface area contributed by atoms with Gasteiger partial charge in [-0.1, -0.05) is 37.6 Å². The molecule has 0 amide bonds. The van der Waals surface area contributed by atoms with Crippen LogP contribution in [-0.4, -0.2) is 23.1 Å². The van der Waals surface area contributed by atoms with Crippen LogP contribution in [0.15, 0.2) is 42.7 Å². The van der Waals surface area contributed by atoms with E-state index in [4.69, 9.17) is 27.1 Å². The van der Waals surface area contributed by atoms with E-state index < -0.39 is 0 Å². The fraction of sp³-hybridized carbons (Fsp3) is 0.360. The highest BCUT2D eigenvalue weighted by atomic mass is 35.5. The third-order valence-corrected chi connectivity index (χ3v) is 6.72. The largest absolute Gasteiger partial charge is 0.491 e. The molecule has 0 saturated heterocycles. The Morgan fingerprint density at radius 3 is 2.74 bits per heavy atom. The number of halogens is 1. The zero-order chi connectivity index (χ0) is 21.6. The lowest BCUT2D eigenvalue weighted by Crippen LogP contribution is -2.31. The molecule has 5 rings (SSSR count). The second kappa shape index (κ2) is 7.72. The summed E-state index contributed by atoms with van der Waals surface area (Å²) in [6, 6.07) is 12.1. The normalized spacial score (nSPS) is 17.3. The first-order valence-corrected chi connectivity index (χ1v) is 11.2. The van der Waals surface area contributed by atoms with Gasteiger partial charge in [-0.2, -0.15) is 0 Å². The number of aryl methyl sites for hydroxylation is 1. The first-order chi connectivity index (χ1) is 14.9. The van der Waals surface area contributed by atoms with E-state index in [0.29, 0.717) is 17.3 Å². The van der Waals surface area contributed by atoms with Crippen molar-refractivity contribution in [3.63, 3.8) is 0 Å². The molecule has 0 radical (unpaired) electrons. The van der Waals surface area contributed by atoms with E-state index >= 15 is 0 Å². The van der Waals surface area contributed by atoms with E-state index in [1.807, 2.05) is 18.2 Å². The van der Waals surface area contributed by atoms with Gasteiger partial charge in [-0.15, -0.1) is 0 Å². The number of nitrogens with zero attached hydrogens (tertiary/aromatic N) is 3. The lowest BCUT2D eigenvalue weighted by Gasteiger charge is -2.33. The molecule has 2 aromatic carbocycles. The summed E-state index contributed by atoms with van der Waals surface area (Å²) in [4.78, 5) is 11.7. The van der Waals surface area contributed by atoms with Gasteiger partial charge < -0.3 is 15.4 Å². The number of nitrogens with two attached hydrogens (primary N) is 1. The summed E-state index contributed by atoms with van der Waals surface area (Å²) in [7, 11) is 0. The van der Waals surface area contributed by atoms with E-state index in [1.54, 1.807) is 6.33 Å². The van der Waals surface area contributed by atoms with Gasteiger partial charge in [-0.25, -0.2) is 9.97 Å². The number of aromatic nitrogens is 2. The van der Waals surface area contributed by atoms with Crippen LogP contribution in [0, 0.1) is 5.41 Å². The Morgan fingerprint density at radius 1 is 1.10 bits per heavy atom. The van der Waals surface area contributed by atoms with Crippen LogP contribution in [0.2, 0.25) is 5.02 Å². The summed E-state index contributed by atoms with van der Waals surface area (Å²) in [5.41, 5.74) is 12.7. The first-order valence-electron chi connectivity index (χ1n) is 10.8. The number of ether oxygens (including phenoxy) is 1. The van der Waals surface area contributed by atoms with Gasteiger partial charge in [0.05, 0.1) is 17.3 Å². The van der Waals surface area contributed by atoms with Crippen LogP contribution in [0.3, 0.4) is 0 Å². The molecular weight excluding hydrogens is 408 g/mol.